The van der Waals surface area contributed by atoms with Crippen LogP contribution in [0.2, 0.25) is 0 Å². The van der Waals surface area contributed by atoms with Crippen LogP contribution in [-0.4, -0.2) is 22.4 Å². The first-order valence-corrected chi connectivity index (χ1v) is 6.89. The molecule has 3 atom stereocenters. The minimum Gasteiger partial charge on any atom is -0.508 e. The van der Waals surface area contributed by atoms with Gasteiger partial charge in [0.1, 0.15) is 17.6 Å². The summed E-state index contributed by atoms with van der Waals surface area (Å²) in [7, 11) is 0. The molecule has 0 spiro atoms. The van der Waals surface area contributed by atoms with E-state index in [1.165, 1.54) is 0 Å². The number of aliphatic hydroxyl groups excluding tert-OH is 1. The van der Waals surface area contributed by atoms with Crippen LogP contribution in [0.4, 0.5) is 0 Å². The fourth-order valence-electron chi connectivity index (χ4n) is 3.25. The fourth-order valence-corrected chi connectivity index (χ4v) is 3.25. The number of aryl methyl sites for hydroxylation is 1. The Bertz CT molecular complexity index is 455. The Kier molecular flexibility index (Phi) is 2.94. The lowest BCUT2D eigenvalue weighted by atomic mass is 9.81. The van der Waals surface area contributed by atoms with Crippen molar-refractivity contribution in [1.29, 1.82) is 0 Å². The molecule has 1 aliphatic heterocycles. The summed E-state index contributed by atoms with van der Waals surface area (Å²) in [4.78, 5) is 0. The van der Waals surface area contributed by atoms with Gasteiger partial charge < -0.3 is 14.9 Å². The normalized spacial score (nSPS) is 29.6. The molecule has 1 saturated carbocycles. The summed E-state index contributed by atoms with van der Waals surface area (Å²) in [6.45, 7) is 2.10. The molecule has 1 heterocycles. The maximum atomic E-state index is 10.0. The highest BCUT2D eigenvalue weighted by Gasteiger charge is 2.39. The summed E-state index contributed by atoms with van der Waals surface area (Å²) in [6, 6.07) is 3.86. The van der Waals surface area contributed by atoms with E-state index in [1.54, 1.807) is 0 Å². The Morgan fingerprint density at radius 1 is 1.33 bits per heavy atom. The first-order chi connectivity index (χ1) is 8.69. The first-order valence-electron chi connectivity index (χ1n) is 6.89. The Hall–Kier alpha value is -1.22. The number of benzene rings is 1. The van der Waals surface area contributed by atoms with Crippen LogP contribution >= 0.6 is 0 Å². The topological polar surface area (TPSA) is 49.7 Å². The van der Waals surface area contributed by atoms with E-state index in [1.807, 2.05) is 12.1 Å². The second kappa shape index (κ2) is 4.47. The number of hydrogen-bond acceptors (Lipinski definition) is 3. The lowest BCUT2D eigenvalue weighted by Gasteiger charge is -2.27. The average molecular weight is 248 g/mol. The average Bonchev–Trinajstić information content (AvgIpc) is 2.66. The molecule has 0 aromatic heterocycles. The molecule has 2 N–H and O–H groups in total. The van der Waals surface area contributed by atoms with E-state index < -0.39 is 0 Å². The summed E-state index contributed by atoms with van der Waals surface area (Å²) in [5, 5.41) is 19.7. The molecule has 3 nitrogen and oxygen atoms in total. The van der Waals surface area contributed by atoms with Crippen molar-refractivity contribution < 1.29 is 14.9 Å². The molecular weight excluding hydrogens is 228 g/mol. The number of ether oxygens (including phenoxy) is 1. The predicted octanol–water partition coefficient (Wildman–Crippen LogP) is 2.73. The standard InChI is InChI=1S/C15H20O3/c1-2-3-9-6-14-12(8-13(9)17)11-5-4-10(16)7-15(11)18-14/h6,8,10-11,15-17H,2-5,7H2,1H3/t10-,11-,15+/m1/s1. The molecule has 0 bridgehead atoms. The van der Waals surface area contributed by atoms with Gasteiger partial charge in [-0.25, -0.2) is 0 Å². The minimum atomic E-state index is -0.232. The van der Waals surface area contributed by atoms with E-state index in [-0.39, 0.29) is 12.2 Å². The SMILES string of the molecule is CCCc1cc2c(cc1O)[C@H]1CC[C@@H](O)C[C@@H]1O2. The van der Waals surface area contributed by atoms with Gasteiger partial charge >= 0.3 is 0 Å². The Morgan fingerprint density at radius 2 is 2.17 bits per heavy atom. The molecule has 1 aliphatic carbocycles. The van der Waals surface area contributed by atoms with Crippen molar-refractivity contribution in [3.63, 3.8) is 0 Å². The zero-order valence-electron chi connectivity index (χ0n) is 10.7. The quantitative estimate of drug-likeness (QED) is 0.846. The van der Waals surface area contributed by atoms with E-state index >= 15 is 0 Å². The van der Waals surface area contributed by atoms with Crippen LogP contribution in [0.5, 0.6) is 11.5 Å². The molecule has 0 saturated heterocycles. The maximum Gasteiger partial charge on any atom is 0.123 e. The van der Waals surface area contributed by atoms with E-state index in [4.69, 9.17) is 4.74 Å². The van der Waals surface area contributed by atoms with E-state index in [9.17, 15) is 10.2 Å². The van der Waals surface area contributed by atoms with Crippen LogP contribution in [0.15, 0.2) is 12.1 Å². The van der Waals surface area contributed by atoms with Gasteiger partial charge in [-0.1, -0.05) is 13.3 Å². The predicted molar refractivity (Wildman–Crippen MR) is 69.1 cm³/mol. The lowest BCUT2D eigenvalue weighted by molar-refractivity contribution is 0.0551. The van der Waals surface area contributed by atoms with E-state index in [0.29, 0.717) is 18.1 Å². The van der Waals surface area contributed by atoms with Gasteiger partial charge in [0.05, 0.1) is 6.10 Å². The largest absolute Gasteiger partial charge is 0.508 e. The second-order valence-electron chi connectivity index (χ2n) is 5.50. The summed E-state index contributed by atoms with van der Waals surface area (Å²) in [5.74, 6) is 1.66. The smallest absolute Gasteiger partial charge is 0.123 e. The van der Waals surface area contributed by atoms with Crippen molar-refractivity contribution in [1.82, 2.24) is 0 Å². The summed E-state index contributed by atoms with van der Waals surface area (Å²) in [6.07, 6.45) is 4.25. The molecule has 3 rings (SSSR count). The molecule has 3 heteroatoms. The Morgan fingerprint density at radius 3 is 2.94 bits per heavy atom. The molecule has 98 valence electrons. The Labute approximate surface area is 107 Å². The molecule has 2 aliphatic rings. The summed E-state index contributed by atoms with van der Waals surface area (Å²) in [5.41, 5.74) is 2.10. The number of phenolic OH excluding ortho intramolecular Hbond substituents is 1. The van der Waals surface area contributed by atoms with Gasteiger partial charge in [-0.05, 0) is 37.0 Å². The van der Waals surface area contributed by atoms with Crippen LogP contribution in [0, 0.1) is 0 Å². The van der Waals surface area contributed by atoms with Crippen LogP contribution in [-0.2, 0) is 6.42 Å². The number of hydrogen-bond donors (Lipinski definition) is 2. The summed E-state index contributed by atoms with van der Waals surface area (Å²) >= 11 is 0. The third-order valence-electron chi connectivity index (χ3n) is 4.17. The van der Waals surface area contributed by atoms with Gasteiger partial charge in [-0.15, -0.1) is 0 Å². The number of aliphatic hydroxyl groups is 1. The highest BCUT2D eigenvalue weighted by Crippen LogP contribution is 2.47. The molecule has 0 unspecified atom stereocenters. The van der Waals surface area contributed by atoms with E-state index in [0.717, 1.165) is 42.6 Å². The van der Waals surface area contributed by atoms with Crippen LogP contribution < -0.4 is 4.74 Å². The highest BCUT2D eigenvalue weighted by atomic mass is 16.5. The van der Waals surface area contributed by atoms with Crippen LogP contribution in [0.3, 0.4) is 0 Å². The van der Waals surface area contributed by atoms with Gasteiger partial charge in [-0.3, -0.25) is 0 Å². The molecule has 1 aromatic rings. The van der Waals surface area contributed by atoms with Crippen molar-refractivity contribution in [3.05, 3.63) is 23.3 Å². The highest BCUT2D eigenvalue weighted by molar-refractivity contribution is 5.50. The zero-order valence-corrected chi connectivity index (χ0v) is 10.7. The monoisotopic (exact) mass is 248 g/mol. The van der Waals surface area contributed by atoms with Crippen molar-refractivity contribution >= 4 is 0 Å². The zero-order chi connectivity index (χ0) is 12.7. The van der Waals surface area contributed by atoms with Crippen molar-refractivity contribution in [2.75, 3.05) is 0 Å². The number of phenols is 1. The first kappa shape index (κ1) is 11.8. The third kappa shape index (κ3) is 1.87. The van der Waals surface area contributed by atoms with Gasteiger partial charge in [-0.2, -0.15) is 0 Å². The third-order valence-corrected chi connectivity index (χ3v) is 4.17. The molecule has 1 aromatic carbocycles. The van der Waals surface area contributed by atoms with Crippen LogP contribution in [0.1, 0.15) is 49.7 Å². The van der Waals surface area contributed by atoms with Crippen molar-refractivity contribution in [2.45, 2.75) is 57.2 Å². The van der Waals surface area contributed by atoms with Gasteiger partial charge in [0.25, 0.3) is 0 Å². The molecule has 0 amide bonds. The van der Waals surface area contributed by atoms with Crippen molar-refractivity contribution in [2.24, 2.45) is 0 Å². The van der Waals surface area contributed by atoms with Gasteiger partial charge in [0, 0.05) is 17.9 Å². The number of aromatic hydroxyl groups is 1. The minimum absolute atomic E-state index is 0.0972. The second-order valence-corrected chi connectivity index (χ2v) is 5.50. The van der Waals surface area contributed by atoms with Crippen molar-refractivity contribution in [3.8, 4) is 11.5 Å². The lowest BCUT2D eigenvalue weighted by Crippen LogP contribution is -2.30. The fraction of sp³-hybridized carbons (Fsp3) is 0.600. The molecular formula is C15H20O3. The number of fused-ring (bicyclic) bond motifs is 3. The molecule has 18 heavy (non-hydrogen) atoms. The van der Waals surface area contributed by atoms with Gasteiger partial charge in [0.2, 0.25) is 0 Å². The maximum absolute atomic E-state index is 10.0. The Balaban J connectivity index is 1.92. The van der Waals surface area contributed by atoms with E-state index in [2.05, 4.69) is 6.92 Å². The van der Waals surface area contributed by atoms with Gasteiger partial charge in [0.15, 0.2) is 0 Å². The molecule has 1 fully saturated rings. The summed E-state index contributed by atoms with van der Waals surface area (Å²) < 4.78 is 5.95. The molecule has 0 radical (unpaired) electrons. The van der Waals surface area contributed by atoms with Crippen LogP contribution in [0.25, 0.3) is 0 Å². The number of rotatable bonds is 2.